The number of aryl methyl sites for hydroxylation is 4. The van der Waals surface area contributed by atoms with Gasteiger partial charge in [-0.3, -0.25) is 38.4 Å². The number of carbonyl (C=O) groups is 8. The highest BCUT2D eigenvalue weighted by molar-refractivity contribution is 7.89. The van der Waals surface area contributed by atoms with Crippen LogP contribution >= 0.6 is 0 Å². The molecule has 8 amide bonds. The number of hydrogen-bond donors (Lipinski definition) is 6. The molecule has 118 heavy (non-hydrogen) atoms. The second-order valence-electron chi connectivity index (χ2n) is 33.6. The number of imide groups is 1. The zero-order valence-corrected chi connectivity index (χ0v) is 71.2. The van der Waals surface area contributed by atoms with Crippen LogP contribution in [-0.4, -0.2) is 101 Å². The third-order valence-corrected chi connectivity index (χ3v) is 25.1. The Kier molecular flexibility index (Phi) is 30.7. The van der Waals surface area contributed by atoms with Crippen molar-refractivity contribution in [2.45, 2.75) is 211 Å². The molecule has 7 aromatic carbocycles. The molecule has 3 aliphatic carbocycles. The number of sulfonamides is 1. The minimum atomic E-state index is -4.53. The Morgan fingerprint density at radius 3 is 1.39 bits per heavy atom. The van der Waals surface area contributed by atoms with Crippen LogP contribution in [0.25, 0.3) is 4.85 Å². The number of hydrogen-bond acceptors (Lipinski definition) is 15. The van der Waals surface area contributed by atoms with E-state index in [0.29, 0.717) is 65.1 Å². The van der Waals surface area contributed by atoms with Gasteiger partial charge in [0.1, 0.15) is 25.4 Å². The summed E-state index contributed by atoms with van der Waals surface area (Å²) in [6.45, 7) is 31.9. The van der Waals surface area contributed by atoms with E-state index >= 15 is 28.8 Å². The molecule has 0 radical (unpaired) electrons. The van der Waals surface area contributed by atoms with E-state index in [1.807, 2.05) is 178 Å². The maximum Gasteiger partial charge on any atom is 0.417 e. The third kappa shape index (κ3) is 23.1. The van der Waals surface area contributed by atoms with Crippen molar-refractivity contribution < 1.29 is 65.7 Å². The average Bonchev–Trinajstić information content (AvgIpc) is 0.784. The lowest BCUT2D eigenvalue weighted by molar-refractivity contribution is -0.124. The Labute approximate surface area is 695 Å². The van der Waals surface area contributed by atoms with Crippen molar-refractivity contribution >= 4 is 74.5 Å². The van der Waals surface area contributed by atoms with Crippen molar-refractivity contribution in [3.63, 3.8) is 0 Å². The summed E-state index contributed by atoms with van der Waals surface area (Å²) >= 11 is 0. The number of benzene rings is 7. The smallest absolute Gasteiger partial charge is 0.417 e. The lowest BCUT2D eigenvalue weighted by atomic mass is 9.71. The van der Waals surface area contributed by atoms with Gasteiger partial charge in [0, 0.05) is 48.8 Å². The fourth-order valence-corrected chi connectivity index (χ4v) is 17.8. The molecule has 0 heterocycles. The minimum absolute atomic E-state index is 0.000220. The predicted octanol–water partition coefficient (Wildman–Crippen LogP) is 16.6. The van der Waals surface area contributed by atoms with Crippen LogP contribution in [0, 0.1) is 66.8 Å². The second kappa shape index (κ2) is 40.5. The van der Waals surface area contributed by atoms with Gasteiger partial charge in [0.15, 0.2) is 17.2 Å². The molecule has 24 heteroatoms. The van der Waals surface area contributed by atoms with Gasteiger partial charge < -0.3 is 51.3 Å². The first-order chi connectivity index (χ1) is 56.3. The topological polar surface area (TPSA) is 305 Å². The summed E-state index contributed by atoms with van der Waals surface area (Å²) in [6, 6.07) is 43.9. The highest BCUT2D eigenvalue weighted by Gasteiger charge is 2.47. The highest BCUT2D eigenvalue weighted by atomic mass is 32.2. The van der Waals surface area contributed by atoms with Crippen LogP contribution < -0.4 is 46.5 Å². The largest absolute Gasteiger partial charge is 0.486 e. The van der Waals surface area contributed by atoms with Gasteiger partial charge in [0.25, 0.3) is 17.7 Å². The Hall–Kier alpha value is -10.9. The molecule has 23 nitrogen and oxygen atoms in total. The fourth-order valence-electron chi connectivity index (χ4n) is 16.5. The number of carbonyl (C=O) groups excluding carboxylic acids is 8. The number of nitrogens with zero attached hydrogens (tertiary/aromatic N) is 3. The summed E-state index contributed by atoms with van der Waals surface area (Å²) in [5, 5.41) is 15.6. The Bertz CT molecular complexity index is 4880. The number of ether oxygens (including phenoxy) is 4. The summed E-state index contributed by atoms with van der Waals surface area (Å²) < 4.78 is 55.1. The van der Waals surface area contributed by atoms with Crippen LogP contribution in [0.15, 0.2) is 152 Å². The fraction of sp³-hybridized carbons (Fsp3) is 0.457. The Balaban J connectivity index is 0.931. The lowest BCUT2D eigenvalue weighted by Gasteiger charge is -2.43. The molecule has 0 bridgehead atoms. The van der Waals surface area contributed by atoms with Crippen LogP contribution in [0.4, 0.5) is 21.9 Å². The first-order valence-corrected chi connectivity index (χ1v) is 43.1. The number of nitrogens with two attached hydrogens (primary N) is 1. The van der Waals surface area contributed by atoms with Crippen molar-refractivity contribution in [1.82, 2.24) is 19.8 Å². The molecule has 10 rings (SSSR count). The maximum atomic E-state index is 16.1. The van der Waals surface area contributed by atoms with E-state index in [-0.39, 0.29) is 156 Å². The van der Waals surface area contributed by atoms with E-state index in [9.17, 15) is 18.0 Å². The number of amides is 8. The molecule has 0 spiro atoms. The highest BCUT2D eigenvalue weighted by Crippen LogP contribution is 2.45. The average molecular weight is 1630 g/mol. The van der Waals surface area contributed by atoms with Gasteiger partial charge in [0.2, 0.25) is 33.7 Å². The molecular weight excluding hydrogens is 1510 g/mol. The summed E-state index contributed by atoms with van der Waals surface area (Å²) in [4.78, 5) is 125. The van der Waals surface area contributed by atoms with Crippen LogP contribution in [0.3, 0.4) is 0 Å². The van der Waals surface area contributed by atoms with Gasteiger partial charge in [0.05, 0.1) is 39.5 Å². The van der Waals surface area contributed by atoms with Crippen molar-refractivity contribution in [3.8, 4) is 17.2 Å². The molecule has 0 saturated heterocycles. The molecule has 7 aromatic rings. The SMILES string of the molecule is [C-]#[N+]CN(C(=O)c1cc(CC)cc(NC(=O)[C@@H]2C[C@H](NC(=O)c3cc(CC)cc(NC(=O)[C@H]4CC(N(C(=O)OC(C)(C)C)C(=O)c5cc(CC)cc(NC(=O)[C@@H]6C[C@H](N)[C@@H](C)C[C@H]6C)c5OCc5ccccc5)[C@H](C)C[C@@H]4C)c3OCc3ccccc3)[C@@H](C)C[C@H]2C)c1OCc1ccccc1)S(=O)(=O)CCCC(=O)NCc1ccc(C)cc1. The van der Waals surface area contributed by atoms with E-state index in [1.165, 1.54) is 6.07 Å². The molecule has 7 N–H and O–H groups in total. The van der Waals surface area contributed by atoms with Crippen LogP contribution in [-0.2, 0) is 79.6 Å². The van der Waals surface area contributed by atoms with E-state index in [0.717, 1.165) is 33.6 Å². The number of rotatable bonds is 31. The first-order valence-electron chi connectivity index (χ1n) is 41.5. The van der Waals surface area contributed by atoms with Crippen molar-refractivity contribution in [3.05, 3.63) is 224 Å². The van der Waals surface area contributed by atoms with Crippen LogP contribution in [0.5, 0.6) is 17.2 Å². The number of anilines is 3. The molecule has 1 unspecified atom stereocenters. The standard InChI is InChI=1S/C94H117N9O14S/c1-15-64-43-74(90(108)98-78-50-72(59(6)41-62(78)9)88(106)101-80-47-65(16-2)44-75(85(80)115-54-69-30-23-19-24-31-69)91(109)102(56-96-14)118(112,113)39-27-34-83(104)97-52-67-37-35-57(4)36-38-67)84(114-53-68-28-21-18-22-29-68)79(46-64)99-89(107)73-51-82(63(10)42-60(73)7)103(93(111)117-94(11,12)13)92(110)76-45-66(17-3)48-81(86(76)116-55-70-32-25-20-26-33-70)100-87(105)71-49-77(95)61(8)40-58(71)5/h18-26,28-33,35-38,43-48,58-63,71-73,77-78,82H,15-17,27,34,39-42,49-56,95H2,1-13H3,(H,97,104)(H,98,108)(H,99,107)(H,100,105)(H,101,106)/t58-,59-,60+,61+,62+,63-,71-,72-,73+,77+,78+,82?/m1/s1. The van der Waals surface area contributed by atoms with Gasteiger partial charge >= 0.3 is 12.8 Å². The van der Waals surface area contributed by atoms with Crippen LogP contribution in [0.2, 0.25) is 0 Å². The van der Waals surface area contributed by atoms with Gasteiger partial charge in [-0.05, 0) is 203 Å². The summed E-state index contributed by atoms with van der Waals surface area (Å²) in [5.41, 5.74) is 12.1. The molecule has 0 aliphatic heterocycles. The van der Waals surface area contributed by atoms with E-state index in [2.05, 4.69) is 38.4 Å². The zero-order chi connectivity index (χ0) is 85.3. The molecule has 0 aromatic heterocycles. The Morgan fingerprint density at radius 2 is 0.932 bits per heavy atom. The van der Waals surface area contributed by atoms with Crippen molar-refractivity contribution in [1.29, 1.82) is 0 Å². The molecule has 628 valence electrons. The van der Waals surface area contributed by atoms with Gasteiger partial charge in [-0.2, -0.15) is 4.31 Å². The van der Waals surface area contributed by atoms with E-state index in [1.54, 1.807) is 51.1 Å². The van der Waals surface area contributed by atoms with Gasteiger partial charge in [-0.25, -0.2) is 24.7 Å². The first kappa shape index (κ1) is 89.4. The van der Waals surface area contributed by atoms with Crippen LogP contribution in [0.1, 0.15) is 210 Å². The quantitative estimate of drug-likeness (QED) is 0.0220. The van der Waals surface area contributed by atoms with Gasteiger partial charge in [-0.1, -0.05) is 183 Å². The van der Waals surface area contributed by atoms with Crippen molar-refractivity contribution in [2.24, 2.45) is 59.0 Å². The summed E-state index contributed by atoms with van der Waals surface area (Å²) in [7, 11) is -4.53. The minimum Gasteiger partial charge on any atom is -0.486 e. The molecule has 3 aliphatic rings. The van der Waals surface area contributed by atoms with E-state index in [4.69, 9.17) is 31.3 Å². The molecule has 3 saturated carbocycles. The zero-order valence-electron chi connectivity index (χ0n) is 70.4. The predicted molar refractivity (Wildman–Crippen MR) is 458 cm³/mol. The second-order valence-corrected chi connectivity index (χ2v) is 35.6. The molecule has 12 atom stereocenters. The molecule has 3 fully saturated rings. The summed E-state index contributed by atoms with van der Waals surface area (Å²) in [6.07, 6.45) is 2.24. The lowest BCUT2D eigenvalue weighted by Crippen LogP contribution is -2.54. The van der Waals surface area contributed by atoms with E-state index < -0.39 is 93.5 Å². The van der Waals surface area contributed by atoms with Crippen molar-refractivity contribution in [2.75, 3.05) is 28.4 Å². The summed E-state index contributed by atoms with van der Waals surface area (Å²) in [5.74, 6) is -7.36. The van der Waals surface area contributed by atoms with Gasteiger partial charge in [-0.15, -0.1) is 0 Å². The monoisotopic (exact) mass is 1630 g/mol. The maximum absolute atomic E-state index is 16.1. The Morgan fingerprint density at radius 1 is 0.508 bits per heavy atom. The normalized spacial score (nSPS) is 21.1. The molecular formula is C94H117N9O14S. The third-order valence-electron chi connectivity index (χ3n) is 23.4. The number of nitrogens with one attached hydrogen (secondary N) is 5.